The fraction of sp³-hybridized carbons (Fsp3) is 0.773. The Morgan fingerprint density at radius 2 is 1.68 bits per heavy atom. The van der Waals surface area contributed by atoms with Crippen molar-refractivity contribution in [3.05, 3.63) is 18.0 Å². The minimum atomic E-state index is 0.0766. The summed E-state index contributed by atoms with van der Waals surface area (Å²) in [7, 11) is 0. The van der Waals surface area contributed by atoms with Crippen molar-refractivity contribution in [2.45, 2.75) is 96.2 Å². The Bertz CT molecular complexity index is 617. The number of rotatable bonds is 7. The molecule has 1 amide bonds. The Labute approximate surface area is 169 Å². The van der Waals surface area contributed by atoms with Gasteiger partial charge in [0.15, 0.2) is 0 Å². The van der Waals surface area contributed by atoms with Gasteiger partial charge in [0.2, 0.25) is 11.9 Å². The average Bonchev–Trinajstić information content (AvgIpc) is 2.70. The number of carbonyl (C=O) groups excluding carboxylic acids is 1. The fourth-order valence-corrected chi connectivity index (χ4v) is 5.00. The van der Waals surface area contributed by atoms with Gasteiger partial charge in [-0.2, -0.15) is 0 Å². The van der Waals surface area contributed by atoms with E-state index < -0.39 is 0 Å². The number of carbonyl (C=O) groups is 1. The van der Waals surface area contributed by atoms with Gasteiger partial charge in [-0.05, 0) is 70.5 Å². The molecule has 1 heterocycles. The number of hydrogen-bond donors (Lipinski definition) is 2. The average molecular weight is 388 g/mol. The summed E-state index contributed by atoms with van der Waals surface area (Å²) in [5.74, 6) is 1.34. The van der Waals surface area contributed by atoms with Gasteiger partial charge in [-0.25, -0.2) is 9.97 Å². The van der Waals surface area contributed by atoms with Crippen LogP contribution in [-0.4, -0.2) is 52.0 Å². The molecule has 0 saturated heterocycles. The first-order valence-corrected chi connectivity index (χ1v) is 11.2. The molecule has 0 aliphatic heterocycles. The van der Waals surface area contributed by atoms with E-state index in [2.05, 4.69) is 40.4 Å². The van der Waals surface area contributed by atoms with Crippen molar-refractivity contribution >= 4 is 11.9 Å². The molecule has 1 aromatic heterocycles. The molecule has 2 aliphatic rings. The smallest absolute Gasteiger partial charge is 0.223 e. The van der Waals surface area contributed by atoms with Gasteiger partial charge in [0.1, 0.15) is 0 Å². The van der Waals surface area contributed by atoms with Crippen molar-refractivity contribution in [3.8, 4) is 0 Å². The maximum absolute atomic E-state index is 11.2. The first kappa shape index (κ1) is 21.0. The minimum absolute atomic E-state index is 0.0766. The molecule has 0 unspecified atom stereocenters. The summed E-state index contributed by atoms with van der Waals surface area (Å²) in [5, 5.41) is 6.64. The lowest BCUT2D eigenvalue weighted by molar-refractivity contribution is -0.119. The van der Waals surface area contributed by atoms with Gasteiger partial charge in [-0.15, -0.1) is 0 Å². The summed E-state index contributed by atoms with van der Waals surface area (Å²) >= 11 is 0. The molecule has 2 fully saturated rings. The molecule has 3 rings (SSSR count). The second kappa shape index (κ2) is 10.2. The van der Waals surface area contributed by atoms with Gasteiger partial charge < -0.3 is 15.5 Å². The summed E-state index contributed by atoms with van der Waals surface area (Å²) in [5.41, 5.74) is 1.15. The molecule has 28 heavy (non-hydrogen) atoms. The maximum atomic E-state index is 11.2. The van der Waals surface area contributed by atoms with Gasteiger partial charge in [-0.1, -0.05) is 13.8 Å². The Morgan fingerprint density at radius 1 is 1.04 bits per heavy atom. The normalized spacial score (nSPS) is 28.1. The molecule has 0 atom stereocenters. The van der Waals surface area contributed by atoms with Gasteiger partial charge in [0.05, 0.1) is 0 Å². The van der Waals surface area contributed by atoms with Crippen LogP contribution in [0.2, 0.25) is 0 Å². The van der Waals surface area contributed by atoms with Crippen molar-refractivity contribution in [3.63, 3.8) is 0 Å². The van der Waals surface area contributed by atoms with E-state index in [1.165, 1.54) is 25.7 Å². The quantitative estimate of drug-likeness (QED) is 0.746. The van der Waals surface area contributed by atoms with E-state index in [0.29, 0.717) is 18.0 Å². The van der Waals surface area contributed by atoms with Gasteiger partial charge >= 0.3 is 0 Å². The highest BCUT2D eigenvalue weighted by atomic mass is 16.1. The monoisotopic (exact) mass is 387 g/mol. The number of aromatic nitrogens is 2. The molecule has 0 bridgehead atoms. The molecule has 1 aromatic rings. The Balaban J connectivity index is 1.50. The number of hydrogen-bond acceptors (Lipinski definition) is 5. The van der Waals surface area contributed by atoms with E-state index in [4.69, 9.17) is 4.98 Å². The van der Waals surface area contributed by atoms with Crippen LogP contribution >= 0.6 is 0 Å². The summed E-state index contributed by atoms with van der Waals surface area (Å²) in [6.07, 6.45) is 11.0. The third kappa shape index (κ3) is 5.66. The molecular formula is C22H37N5O. The maximum Gasteiger partial charge on any atom is 0.223 e. The van der Waals surface area contributed by atoms with Crippen molar-refractivity contribution in [2.75, 3.05) is 18.4 Å². The predicted octanol–water partition coefficient (Wildman–Crippen LogP) is 3.70. The summed E-state index contributed by atoms with van der Waals surface area (Å²) in [6.45, 7) is 8.42. The van der Waals surface area contributed by atoms with Crippen molar-refractivity contribution in [2.24, 2.45) is 0 Å². The molecule has 156 valence electrons. The van der Waals surface area contributed by atoms with Crippen LogP contribution in [0.4, 0.5) is 5.95 Å². The molecule has 2 saturated carbocycles. The predicted molar refractivity (Wildman–Crippen MR) is 113 cm³/mol. The zero-order valence-corrected chi connectivity index (χ0v) is 17.8. The van der Waals surface area contributed by atoms with E-state index in [1.54, 1.807) is 6.92 Å². The largest absolute Gasteiger partial charge is 0.354 e. The zero-order valence-electron chi connectivity index (χ0n) is 17.8. The van der Waals surface area contributed by atoms with E-state index in [-0.39, 0.29) is 5.91 Å². The zero-order chi connectivity index (χ0) is 19.9. The van der Waals surface area contributed by atoms with E-state index in [0.717, 1.165) is 56.5 Å². The second-order valence-electron chi connectivity index (χ2n) is 8.43. The highest BCUT2D eigenvalue weighted by molar-refractivity contribution is 5.73. The van der Waals surface area contributed by atoms with E-state index in [9.17, 15) is 4.79 Å². The molecule has 2 N–H and O–H groups in total. The number of anilines is 1. The lowest BCUT2D eigenvalue weighted by Gasteiger charge is -2.36. The van der Waals surface area contributed by atoms with Crippen LogP contribution in [0.1, 0.15) is 83.7 Å². The standard InChI is InChI=1S/C22H37N5O/c1-4-27(5-2)20-12-10-19(11-13-20)25-22-23-15-14-21(26-22)17-6-8-18(9-7-17)24-16(3)28/h14-15,17-20H,4-13H2,1-3H3,(H,24,28)(H,23,25,26). The SMILES string of the molecule is CCN(CC)C1CCC(Nc2nccc(C3CCC(NC(C)=O)CC3)n2)CC1. The third-order valence-electron chi connectivity index (χ3n) is 6.59. The highest BCUT2D eigenvalue weighted by Gasteiger charge is 2.26. The molecule has 0 spiro atoms. The van der Waals surface area contributed by atoms with Crippen LogP contribution in [0.3, 0.4) is 0 Å². The lowest BCUT2D eigenvalue weighted by atomic mass is 9.84. The summed E-state index contributed by atoms with van der Waals surface area (Å²) in [6, 6.07) is 3.61. The van der Waals surface area contributed by atoms with E-state index >= 15 is 0 Å². The van der Waals surface area contributed by atoms with Crippen molar-refractivity contribution < 1.29 is 4.79 Å². The molecular weight excluding hydrogens is 350 g/mol. The second-order valence-corrected chi connectivity index (χ2v) is 8.43. The third-order valence-corrected chi connectivity index (χ3v) is 6.59. The first-order chi connectivity index (χ1) is 13.6. The molecule has 0 aromatic carbocycles. The highest BCUT2D eigenvalue weighted by Crippen LogP contribution is 2.32. The van der Waals surface area contributed by atoms with Gasteiger partial charge in [0.25, 0.3) is 0 Å². The van der Waals surface area contributed by atoms with E-state index in [1.807, 2.05) is 6.20 Å². The van der Waals surface area contributed by atoms with Gasteiger partial charge in [0, 0.05) is 42.9 Å². The van der Waals surface area contributed by atoms with Crippen LogP contribution in [0.25, 0.3) is 0 Å². The fourth-order valence-electron chi connectivity index (χ4n) is 5.00. The van der Waals surface area contributed by atoms with Crippen LogP contribution < -0.4 is 10.6 Å². The molecule has 6 nitrogen and oxygen atoms in total. The molecule has 0 radical (unpaired) electrons. The Kier molecular flexibility index (Phi) is 7.65. The minimum Gasteiger partial charge on any atom is -0.354 e. The summed E-state index contributed by atoms with van der Waals surface area (Å²) < 4.78 is 0. The van der Waals surface area contributed by atoms with Crippen LogP contribution in [0.5, 0.6) is 0 Å². The van der Waals surface area contributed by atoms with Crippen LogP contribution in [-0.2, 0) is 4.79 Å². The van der Waals surface area contributed by atoms with Crippen molar-refractivity contribution in [1.29, 1.82) is 0 Å². The lowest BCUT2D eigenvalue weighted by Crippen LogP contribution is -2.40. The molecule has 6 heteroatoms. The van der Waals surface area contributed by atoms with Gasteiger partial charge in [-0.3, -0.25) is 4.79 Å². The Morgan fingerprint density at radius 3 is 2.29 bits per heavy atom. The topological polar surface area (TPSA) is 70.2 Å². The molecule has 2 aliphatic carbocycles. The summed E-state index contributed by atoms with van der Waals surface area (Å²) in [4.78, 5) is 23.2. The van der Waals surface area contributed by atoms with Crippen LogP contribution in [0, 0.1) is 0 Å². The first-order valence-electron chi connectivity index (χ1n) is 11.2. The Hall–Kier alpha value is -1.69. The number of nitrogens with zero attached hydrogens (tertiary/aromatic N) is 3. The number of amides is 1. The van der Waals surface area contributed by atoms with Crippen LogP contribution in [0.15, 0.2) is 12.3 Å². The number of nitrogens with one attached hydrogen (secondary N) is 2. The van der Waals surface area contributed by atoms with Crippen molar-refractivity contribution in [1.82, 2.24) is 20.2 Å².